The third kappa shape index (κ3) is 3.20. The molecule has 0 aromatic carbocycles. The van der Waals surface area contributed by atoms with Crippen molar-refractivity contribution in [2.24, 2.45) is 11.3 Å². The predicted molar refractivity (Wildman–Crippen MR) is 58.8 cm³/mol. The quantitative estimate of drug-likeness (QED) is 0.691. The highest BCUT2D eigenvalue weighted by atomic mass is 16.5. The van der Waals surface area contributed by atoms with Crippen molar-refractivity contribution in [1.29, 1.82) is 0 Å². The first-order chi connectivity index (χ1) is 7.10. The molecule has 15 heavy (non-hydrogen) atoms. The highest BCUT2D eigenvalue weighted by Gasteiger charge is 2.43. The first kappa shape index (κ1) is 12.5. The lowest BCUT2D eigenvalue weighted by molar-refractivity contribution is -0.149. The molecule has 0 heterocycles. The van der Waals surface area contributed by atoms with Gasteiger partial charge >= 0.3 is 5.97 Å². The van der Waals surface area contributed by atoms with Crippen molar-refractivity contribution in [2.75, 3.05) is 13.7 Å². The molecule has 3 heteroatoms. The summed E-state index contributed by atoms with van der Waals surface area (Å²) in [5, 5.41) is 9.31. The maximum atomic E-state index is 11.3. The zero-order valence-corrected chi connectivity index (χ0v) is 9.79. The fourth-order valence-electron chi connectivity index (χ4n) is 2.63. The molecule has 2 atom stereocenters. The van der Waals surface area contributed by atoms with Crippen molar-refractivity contribution < 1.29 is 14.6 Å². The van der Waals surface area contributed by atoms with Gasteiger partial charge in [-0.25, -0.2) is 0 Å². The Morgan fingerprint density at radius 2 is 2.27 bits per heavy atom. The van der Waals surface area contributed by atoms with Gasteiger partial charge in [-0.2, -0.15) is 0 Å². The summed E-state index contributed by atoms with van der Waals surface area (Å²) in [6.45, 7) is 2.89. The minimum absolute atomic E-state index is 0.423. The monoisotopic (exact) mass is 214 g/mol. The number of carboxylic acids is 1. The van der Waals surface area contributed by atoms with Crippen molar-refractivity contribution in [2.45, 2.75) is 45.4 Å². The van der Waals surface area contributed by atoms with Crippen LogP contribution in [0.15, 0.2) is 0 Å². The van der Waals surface area contributed by atoms with Crippen LogP contribution in [-0.4, -0.2) is 24.8 Å². The van der Waals surface area contributed by atoms with Crippen LogP contribution in [0.25, 0.3) is 0 Å². The molecule has 1 fully saturated rings. The van der Waals surface area contributed by atoms with E-state index in [2.05, 4.69) is 6.92 Å². The van der Waals surface area contributed by atoms with Gasteiger partial charge in [0.15, 0.2) is 0 Å². The van der Waals surface area contributed by atoms with Gasteiger partial charge in [-0.1, -0.05) is 13.3 Å². The van der Waals surface area contributed by atoms with E-state index in [1.807, 2.05) is 0 Å². The molecule has 1 aliphatic carbocycles. The minimum Gasteiger partial charge on any atom is -0.481 e. The molecule has 3 nitrogen and oxygen atoms in total. The average molecular weight is 214 g/mol. The summed E-state index contributed by atoms with van der Waals surface area (Å²) < 4.78 is 4.97. The van der Waals surface area contributed by atoms with Crippen LogP contribution in [0.4, 0.5) is 0 Å². The highest BCUT2D eigenvalue weighted by Crippen LogP contribution is 2.45. The zero-order valence-electron chi connectivity index (χ0n) is 9.79. The smallest absolute Gasteiger partial charge is 0.309 e. The van der Waals surface area contributed by atoms with E-state index in [-0.39, 0.29) is 0 Å². The molecule has 1 rings (SSSR count). The summed E-state index contributed by atoms with van der Waals surface area (Å²) in [6.07, 6.45) is 5.53. The van der Waals surface area contributed by atoms with E-state index < -0.39 is 11.4 Å². The topological polar surface area (TPSA) is 46.5 Å². The van der Waals surface area contributed by atoms with E-state index in [1.54, 1.807) is 7.11 Å². The van der Waals surface area contributed by atoms with Crippen LogP contribution in [0.5, 0.6) is 0 Å². The SMILES string of the molecule is COCCCCC1(C(=O)O)CCC(C)C1. The summed E-state index contributed by atoms with van der Waals surface area (Å²) in [4.78, 5) is 11.3. The minimum atomic E-state index is -0.593. The van der Waals surface area contributed by atoms with Crippen molar-refractivity contribution in [3.8, 4) is 0 Å². The van der Waals surface area contributed by atoms with Crippen molar-refractivity contribution in [3.05, 3.63) is 0 Å². The number of carbonyl (C=O) groups is 1. The Morgan fingerprint density at radius 3 is 2.73 bits per heavy atom. The molecule has 0 bridgehead atoms. The lowest BCUT2D eigenvalue weighted by Crippen LogP contribution is -2.28. The largest absolute Gasteiger partial charge is 0.481 e. The normalized spacial score (nSPS) is 30.7. The highest BCUT2D eigenvalue weighted by molar-refractivity contribution is 5.75. The summed E-state index contributed by atoms with van der Waals surface area (Å²) in [5.41, 5.74) is -0.423. The zero-order chi connectivity index (χ0) is 11.3. The Bertz CT molecular complexity index is 215. The first-order valence-electron chi connectivity index (χ1n) is 5.83. The molecule has 0 aromatic rings. The van der Waals surface area contributed by atoms with Crippen molar-refractivity contribution in [1.82, 2.24) is 0 Å². The number of methoxy groups -OCH3 is 1. The van der Waals surface area contributed by atoms with E-state index in [9.17, 15) is 9.90 Å². The van der Waals surface area contributed by atoms with Crippen molar-refractivity contribution >= 4 is 5.97 Å². The standard InChI is InChI=1S/C12H22O3/c1-10-5-7-12(9-10,11(13)14)6-3-4-8-15-2/h10H,3-9H2,1-2H3,(H,13,14). The molecular formula is C12H22O3. The molecule has 1 N–H and O–H groups in total. The van der Waals surface area contributed by atoms with E-state index in [0.717, 1.165) is 45.1 Å². The number of carboxylic acid groups (broad SMARTS) is 1. The summed E-state index contributed by atoms with van der Waals surface area (Å²) >= 11 is 0. The predicted octanol–water partition coefficient (Wildman–Crippen LogP) is 2.69. The van der Waals surface area contributed by atoms with Gasteiger partial charge in [0, 0.05) is 13.7 Å². The number of rotatable bonds is 6. The number of aliphatic carboxylic acids is 1. The van der Waals surface area contributed by atoms with Gasteiger partial charge in [-0.15, -0.1) is 0 Å². The second-order valence-electron chi connectivity index (χ2n) is 4.88. The number of ether oxygens (including phenoxy) is 1. The lowest BCUT2D eigenvalue weighted by Gasteiger charge is -2.23. The van der Waals surface area contributed by atoms with Gasteiger partial charge < -0.3 is 9.84 Å². The van der Waals surface area contributed by atoms with E-state index >= 15 is 0 Å². The molecule has 1 aliphatic rings. The van der Waals surface area contributed by atoms with Crippen LogP contribution in [0, 0.1) is 11.3 Å². The molecule has 0 spiro atoms. The summed E-state index contributed by atoms with van der Waals surface area (Å²) in [6, 6.07) is 0. The summed E-state index contributed by atoms with van der Waals surface area (Å²) in [7, 11) is 1.69. The molecule has 0 saturated heterocycles. The number of hydrogen-bond acceptors (Lipinski definition) is 2. The Hall–Kier alpha value is -0.570. The Balaban J connectivity index is 2.41. The van der Waals surface area contributed by atoms with Gasteiger partial charge in [-0.3, -0.25) is 4.79 Å². The molecule has 0 amide bonds. The molecule has 0 aromatic heterocycles. The first-order valence-corrected chi connectivity index (χ1v) is 5.83. The van der Waals surface area contributed by atoms with Crippen LogP contribution in [0.3, 0.4) is 0 Å². The van der Waals surface area contributed by atoms with Gasteiger partial charge in [0.1, 0.15) is 0 Å². The maximum absolute atomic E-state index is 11.3. The van der Waals surface area contributed by atoms with Gasteiger partial charge in [0.2, 0.25) is 0 Å². The van der Waals surface area contributed by atoms with Gasteiger partial charge in [0.25, 0.3) is 0 Å². The third-order valence-electron chi connectivity index (χ3n) is 3.56. The van der Waals surface area contributed by atoms with Crippen molar-refractivity contribution in [3.63, 3.8) is 0 Å². The van der Waals surface area contributed by atoms with Crippen LogP contribution < -0.4 is 0 Å². The second kappa shape index (κ2) is 5.50. The molecule has 88 valence electrons. The summed E-state index contributed by atoms with van der Waals surface area (Å²) in [5.74, 6) is -0.0206. The number of unbranched alkanes of at least 4 members (excludes halogenated alkanes) is 1. The van der Waals surface area contributed by atoms with Gasteiger partial charge in [0.05, 0.1) is 5.41 Å². The molecule has 2 unspecified atom stereocenters. The Kier molecular flexibility index (Phi) is 4.58. The fourth-order valence-corrected chi connectivity index (χ4v) is 2.63. The van der Waals surface area contributed by atoms with E-state index in [1.165, 1.54) is 0 Å². The molecule has 0 radical (unpaired) electrons. The second-order valence-corrected chi connectivity index (χ2v) is 4.88. The van der Waals surface area contributed by atoms with Crippen LogP contribution in [0.2, 0.25) is 0 Å². The van der Waals surface area contributed by atoms with Crippen LogP contribution in [-0.2, 0) is 9.53 Å². The van der Waals surface area contributed by atoms with Crippen LogP contribution in [0.1, 0.15) is 45.4 Å². The molecular weight excluding hydrogens is 192 g/mol. The van der Waals surface area contributed by atoms with Crippen LogP contribution >= 0.6 is 0 Å². The number of hydrogen-bond donors (Lipinski definition) is 1. The third-order valence-corrected chi connectivity index (χ3v) is 3.56. The Labute approximate surface area is 91.8 Å². The Morgan fingerprint density at radius 1 is 1.53 bits per heavy atom. The lowest BCUT2D eigenvalue weighted by atomic mass is 9.80. The maximum Gasteiger partial charge on any atom is 0.309 e. The van der Waals surface area contributed by atoms with Gasteiger partial charge in [-0.05, 0) is 38.0 Å². The fraction of sp³-hybridized carbons (Fsp3) is 0.917. The van der Waals surface area contributed by atoms with E-state index in [0.29, 0.717) is 5.92 Å². The molecule has 1 saturated carbocycles. The van der Waals surface area contributed by atoms with E-state index in [4.69, 9.17) is 4.74 Å². The molecule has 0 aliphatic heterocycles. The average Bonchev–Trinajstić information content (AvgIpc) is 2.56.